The van der Waals surface area contributed by atoms with E-state index in [9.17, 15) is 4.79 Å². The van der Waals surface area contributed by atoms with E-state index in [1.54, 1.807) is 5.51 Å². The zero-order valence-corrected chi connectivity index (χ0v) is 11.8. The van der Waals surface area contributed by atoms with E-state index in [1.807, 2.05) is 6.07 Å². The lowest BCUT2D eigenvalue weighted by atomic mass is 9.99. The highest BCUT2D eigenvalue weighted by Crippen LogP contribution is 2.26. The van der Waals surface area contributed by atoms with Crippen LogP contribution in [0.15, 0.2) is 35.8 Å². The minimum Gasteiger partial charge on any atom is -0.299 e. The van der Waals surface area contributed by atoms with Gasteiger partial charge in [0.05, 0.1) is 6.54 Å². The van der Waals surface area contributed by atoms with Gasteiger partial charge in [-0.05, 0) is 24.4 Å². The van der Waals surface area contributed by atoms with Crippen LogP contribution in [0.1, 0.15) is 17.9 Å². The first kappa shape index (κ1) is 13.2. The Morgan fingerprint density at radius 2 is 2.25 bits per heavy atom. The van der Waals surface area contributed by atoms with Gasteiger partial charge in [0.15, 0.2) is 0 Å². The molecule has 1 aromatic carbocycles. The van der Waals surface area contributed by atoms with Gasteiger partial charge in [0, 0.05) is 6.54 Å². The lowest BCUT2D eigenvalue weighted by molar-refractivity contribution is -0.117. The highest BCUT2D eigenvalue weighted by molar-refractivity contribution is 7.13. The number of carbonyl (C=O) groups excluding carboxylic acids is 1. The number of nitrogens with one attached hydrogen (secondary N) is 1. The van der Waals surface area contributed by atoms with Crippen LogP contribution in [0.4, 0.5) is 5.13 Å². The molecule has 1 aliphatic heterocycles. The van der Waals surface area contributed by atoms with E-state index in [2.05, 4.69) is 44.7 Å². The number of nitrogens with zero attached hydrogens (tertiary/aromatic N) is 3. The SMILES string of the molecule is O=C(CN1CC[C@@H](c2ccccc2)C1)Nc1nncs1. The van der Waals surface area contributed by atoms with E-state index in [1.165, 1.54) is 16.9 Å². The van der Waals surface area contributed by atoms with E-state index < -0.39 is 0 Å². The lowest BCUT2D eigenvalue weighted by Gasteiger charge is -2.15. The normalized spacial score (nSPS) is 19.1. The van der Waals surface area contributed by atoms with E-state index in [4.69, 9.17) is 0 Å². The van der Waals surface area contributed by atoms with Crippen molar-refractivity contribution in [3.05, 3.63) is 41.4 Å². The van der Waals surface area contributed by atoms with Gasteiger partial charge in [0.1, 0.15) is 5.51 Å². The largest absolute Gasteiger partial charge is 0.299 e. The Morgan fingerprint density at radius 1 is 1.40 bits per heavy atom. The Balaban J connectivity index is 1.52. The maximum atomic E-state index is 11.9. The number of aromatic nitrogens is 2. The topological polar surface area (TPSA) is 58.1 Å². The lowest BCUT2D eigenvalue weighted by Crippen LogP contribution is -2.31. The summed E-state index contributed by atoms with van der Waals surface area (Å²) in [6.45, 7) is 2.32. The molecule has 104 valence electrons. The first-order valence-electron chi connectivity index (χ1n) is 6.64. The zero-order chi connectivity index (χ0) is 13.8. The Labute approximate surface area is 121 Å². The molecular formula is C14H16N4OS. The second kappa shape index (κ2) is 6.11. The Hall–Kier alpha value is -1.79. The van der Waals surface area contributed by atoms with E-state index >= 15 is 0 Å². The summed E-state index contributed by atoms with van der Waals surface area (Å²) < 4.78 is 0. The molecule has 3 rings (SSSR count). The maximum Gasteiger partial charge on any atom is 0.240 e. The standard InChI is InChI=1S/C14H16N4OS/c19-13(16-14-17-15-10-20-14)9-18-7-6-12(8-18)11-4-2-1-3-5-11/h1-5,10,12H,6-9H2,(H,16,17,19)/t12-/m1/s1. The van der Waals surface area contributed by atoms with Crippen LogP contribution in [-0.2, 0) is 4.79 Å². The van der Waals surface area contributed by atoms with Crippen LogP contribution in [0.25, 0.3) is 0 Å². The molecule has 0 aliphatic carbocycles. The number of carbonyl (C=O) groups is 1. The first-order chi connectivity index (χ1) is 9.81. The predicted molar refractivity (Wildman–Crippen MR) is 78.8 cm³/mol. The summed E-state index contributed by atoms with van der Waals surface area (Å²) in [5.41, 5.74) is 2.97. The first-order valence-corrected chi connectivity index (χ1v) is 7.52. The molecule has 0 radical (unpaired) electrons. The number of amides is 1. The van der Waals surface area contributed by atoms with Gasteiger partial charge < -0.3 is 0 Å². The van der Waals surface area contributed by atoms with Crippen molar-refractivity contribution in [3.63, 3.8) is 0 Å². The molecule has 0 spiro atoms. The van der Waals surface area contributed by atoms with Crippen LogP contribution in [0.5, 0.6) is 0 Å². The van der Waals surface area contributed by atoms with Gasteiger partial charge in [-0.25, -0.2) is 0 Å². The van der Waals surface area contributed by atoms with Crippen molar-refractivity contribution in [2.24, 2.45) is 0 Å². The van der Waals surface area contributed by atoms with Gasteiger partial charge in [-0.1, -0.05) is 41.7 Å². The van der Waals surface area contributed by atoms with Crippen LogP contribution in [-0.4, -0.2) is 40.6 Å². The number of likely N-dealkylation sites (tertiary alicyclic amines) is 1. The molecule has 20 heavy (non-hydrogen) atoms. The summed E-state index contributed by atoms with van der Waals surface area (Å²) in [6, 6.07) is 10.5. The molecule has 0 saturated carbocycles. The van der Waals surface area contributed by atoms with Crippen molar-refractivity contribution in [1.29, 1.82) is 0 Å². The molecule has 5 nitrogen and oxygen atoms in total. The molecule has 0 bridgehead atoms. The molecule has 6 heteroatoms. The molecule has 0 unspecified atom stereocenters. The third kappa shape index (κ3) is 3.20. The van der Waals surface area contributed by atoms with E-state index in [0.29, 0.717) is 17.6 Å². The maximum absolute atomic E-state index is 11.9. The van der Waals surface area contributed by atoms with Crippen molar-refractivity contribution in [2.75, 3.05) is 25.0 Å². The molecule has 1 saturated heterocycles. The van der Waals surface area contributed by atoms with Gasteiger partial charge in [0.25, 0.3) is 0 Å². The van der Waals surface area contributed by atoms with Crippen molar-refractivity contribution in [3.8, 4) is 0 Å². The highest BCUT2D eigenvalue weighted by atomic mass is 32.1. The Bertz CT molecular complexity index is 558. The van der Waals surface area contributed by atoms with Crippen LogP contribution in [0.3, 0.4) is 0 Å². The van der Waals surface area contributed by atoms with Crippen molar-refractivity contribution in [1.82, 2.24) is 15.1 Å². The predicted octanol–water partition coefficient (Wildman–Crippen LogP) is 1.97. The van der Waals surface area contributed by atoms with E-state index in [0.717, 1.165) is 19.5 Å². The fourth-order valence-corrected chi connectivity index (χ4v) is 3.02. The van der Waals surface area contributed by atoms with Gasteiger partial charge in [-0.3, -0.25) is 15.0 Å². The third-order valence-electron chi connectivity index (χ3n) is 3.52. The van der Waals surface area contributed by atoms with Crippen molar-refractivity contribution < 1.29 is 4.79 Å². The summed E-state index contributed by atoms with van der Waals surface area (Å²) in [5, 5.41) is 10.8. The monoisotopic (exact) mass is 288 g/mol. The molecule has 1 N–H and O–H groups in total. The van der Waals surface area contributed by atoms with E-state index in [-0.39, 0.29) is 5.91 Å². The number of rotatable bonds is 4. The summed E-state index contributed by atoms with van der Waals surface area (Å²) in [7, 11) is 0. The second-order valence-electron chi connectivity index (χ2n) is 4.92. The second-order valence-corrected chi connectivity index (χ2v) is 5.76. The number of anilines is 1. The average Bonchev–Trinajstić information content (AvgIpc) is 3.11. The molecule has 1 aromatic heterocycles. The summed E-state index contributed by atoms with van der Waals surface area (Å²) in [5.74, 6) is 0.515. The van der Waals surface area contributed by atoms with Crippen LogP contribution < -0.4 is 5.32 Å². The third-order valence-corrected chi connectivity index (χ3v) is 4.12. The number of hydrogen-bond acceptors (Lipinski definition) is 5. The summed E-state index contributed by atoms with van der Waals surface area (Å²) >= 11 is 1.33. The number of hydrogen-bond donors (Lipinski definition) is 1. The van der Waals surface area contributed by atoms with Crippen LogP contribution in [0, 0.1) is 0 Å². The van der Waals surface area contributed by atoms with Gasteiger partial charge in [-0.15, -0.1) is 10.2 Å². The molecule has 1 atom stereocenters. The quantitative estimate of drug-likeness (QED) is 0.934. The molecular weight excluding hydrogens is 272 g/mol. The van der Waals surface area contributed by atoms with Gasteiger partial charge in [-0.2, -0.15) is 0 Å². The minimum atomic E-state index is -0.0181. The Kier molecular flexibility index (Phi) is 4.03. The molecule has 1 amide bonds. The molecule has 1 fully saturated rings. The van der Waals surface area contributed by atoms with Gasteiger partial charge >= 0.3 is 0 Å². The van der Waals surface area contributed by atoms with Crippen LogP contribution in [0.2, 0.25) is 0 Å². The van der Waals surface area contributed by atoms with Crippen molar-refractivity contribution >= 4 is 22.4 Å². The van der Waals surface area contributed by atoms with Crippen molar-refractivity contribution in [2.45, 2.75) is 12.3 Å². The smallest absolute Gasteiger partial charge is 0.240 e. The van der Waals surface area contributed by atoms with Gasteiger partial charge in [0.2, 0.25) is 11.0 Å². The minimum absolute atomic E-state index is 0.0181. The fraction of sp³-hybridized carbons (Fsp3) is 0.357. The summed E-state index contributed by atoms with van der Waals surface area (Å²) in [6.07, 6.45) is 1.11. The fourth-order valence-electron chi connectivity index (χ4n) is 2.56. The molecule has 2 aromatic rings. The molecule has 2 heterocycles. The highest BCUT2D eigenvalue weighted by Gasteiger charge is 2.25. The van der Waals surface area contributed by atoms with Crippen LogP contribution >= 0.6 is 11.3 Å². The summed E-state index contributed by atoms with van der Waals surface area (Å²) in [4.78, 5) is 14.1. The average molecular weight is 288 g/mol. The molecule has 1 aliphatic rings. The number of benzene rings is 1. The Morgan fingerprint density at radius 3 is 3.00 bits per heavy atom. The zero-order valence-electron chi connectivity index (χ0n) is 11.0.